The van der Waals surface area contributed by atoms with Crippen molar-refractivity contribution in [2.75, 3.05) is 17.0 Å². The van der Waals surface area contributed by atoms with E-state index in [1.165, 1.54) is 0 Å². The van der Waals surface area contributed by atoms with E-state index in [-0.39, 0.29) is 11.8 Å². The molecule has 1 aromatic carbocycles. The molecule has 1 aromatic rings. The van der Waals surface area contributed by atoms with Gasteiger partial charge in [-0.3, -0.25) is 4.72 Å². The molecule has 0 amide bonds. The summed E-state index contributed by atoms with van der Waals surface area (Å²) in [5, 5.41) is 3.26. The predicted molar refractivity (Wildman–Crippen MR) is 81.9 cm³/mol. The lowest BCUT2D eigenvalue weighted by Crippen LogP contribution is -2.40. The van der Waals surface area contributed by atoms with E-state index in [1.807, 2.05) is 19.1 Å². The number of sulfonamides is 1. The Kier molecular flexibility index (Phi) is 4.86. The lowest BCUT2D eigenvalue weighted by Gasteiger charge is -2.23. The van der Waals surface area contributed by atoms with Crippen molar-refractivity contribution in [1.29, 1.82) is 0 Å². The molecule has 1 atom stereocenters. The number of halogens is 1. The number of aryl methyl sites for hydroxylation is 1. The molecular formula is C13H19BrN2O2S. The van der Waals surface area contributed by atoms with Gasteiger partial charge in [0.2, 0.25) is 10.0 Å². The first-order chi connectivity index (χ1) is 8.98. The number of hydrogen-bond acceptors (Lipinski definition) is 3. The molecule has 2 N–H and O–H groups in total. The second-order valence-corrected chi connectivity index (χ2v) is 7.53. The fraction of sp³-hybridized carbons (Fsp3) is 0.538. The van der Waals surface area contributed by atoms with Crippen molar-refractivity contribution in [2.45, 2.75) is 32.2 Å². The molecule has 0 saturated carbocycles. The standard InChI is InChI=1S/C13H19BrN2O2S/c1-10-5-4-7-12(13(10)14)16-19(17,18)9-11-6-2-3-8-15-11/h4-5,7,11,15-16H,2-3,6,8-9H2,1H3. The van der Waals surface area contributed by atoms with Gasteiger partial charge in [-0.05, 0) is 53.9 Å². The van der Waals surface area contributed by atoms with Crippen molar-refractivity contribution in [1.82, 2.24) is 5.32 Å². The Bertz CT molecular complexity index is 540. The van der Waals surface area contributed by atoms with E-state index in [1.54, 1.807) is 6.07 Å². The molecule has 6 heteroatoms. The zero-order valence-electron chi connectivity index (χ0n) is 10.9. The van der Waals surface area contributed by atoms with Gasteiger partial charge in [0.05, 0.1) is 11.4 Å². The van der Waals surface area contributed by atoms with Crippen LogP contribution in [0.1, 0.15) is 24.8 Å². The summed E-state index contributed by atoms with van der Waals surface area (Å²) in [6.07, 6.45) is 3.16. The number of nitrogens with one attached hydrogen (secondary N) is 2. The summed E-state index contributed by atoms with van der Waals surface area (Å²) in [6.45, 7) is 2.85. The van der Waals surface area contributed by atoms with E-state index in [0.29, 0.717) is 5.69 Å². The van der Waals surface area contributed by atoms with Gasteiger partial charge in [0.1, 0.15) is 0 Å². The minimum absolute atomic E-state index is 0.0647. The molecular weight excluding hydrogens is 328 g/mol. The zero-order valence-corrected chi connectivity index (χ0v) is 13.4. The van der Waals surface area contributed by atoms with Gasteiger partial charge in [-0.2, -0.15) is 0 Å². The predicted octanol–water partition coefficient (Wildman–Crippen LogP) is 2.64. The van der Waals surface area contributed by atoms with E-state index in [2.05, 4.69) is 26.0 Å². The normalized spacial score (nSPS) is 20.2. The van der Waals surface area contributed by atoms with Crippen molar-refractivity contribution in [3.8, 4) is 0 Å². The van der Waals surface area contributed by atoms with Gasteiger partial charge >= 0.3 is 0 Å². The first-order valence-electron chi connectivity index (χ1n) is 6.47. The van der Waals surface area contributed by atoms with Gasteiger partial charge in [-0.1, -0.05) is 18.6 Å². The van der Waals surface area contributed by atoms with Gasteiger partial charge in [0.25, 0.3) is 0 Å². The van der Waals surface area contributed by atoms with Gasteiger partial charge in [0, 0.05) is 10.5 Å². The average Bonchev–Trinajstić information content (AvgIpc) is 2.35. The van der Waals surface area contributed by atoms with Crippen LogP contribution in [0.2, 0.25) is 0 Å². The van der Waals surface area contributed by atoms with Crippen LogP contribution in [-0.4, -0.2) is 26.8 Å². The highest BCUT2D eigenvalue weighted by atomic mass is 79.9. The number of benzene rings is 1. The molecule has 0 aromatic heterocycles. The minimum atomic E-state index is -3.32. The van der Waals surface area contributed by atoms with Crippen LogP contribution in [0.5, 0.6) is 0 Å². The van der Waals surface area contributed by atoms with Crippen LogP contribution in [0, 0.1) is 6.92 Å². The van der Waals surface area contributed by atoms with Crippen LogP contribution in [-0.2, 0) is 10.0 Å². The summed E-state index contributed by atoms with van der Waals surface area (Å²) < 4.78 is 27.8. The Morgan fingerprint density at radius 1 is 1.42 bits per heavy atom. The minimum Gasteiger partial charge on any atom is -0.313 e. The third-order valence-electron chi connectivity index (χ3n) is 3.29. The summed E-state index contributed by atoms with van der Waals surface area (Å²) >= 11 is 3.42. The summed E-state index contributed by atoms with van der Waals surface area (Å²) in [5.74, 6) is 0.132. The van der Waals surface area contributed by atoms with Crippen molar-refractivity contribution in [2.24, 2.45) is 0 Å². The third-order valence-corrected chi connectivity index (χ3v) is 5.71. The highest BCUT2D eigenvalue weighted by Crippen LogP contribution is 2.26. The van der Waals surface area contributed by atoms with Gasteiger partial charge in [-0.25, -0.2) is 8.42 Å². The summed E-state index contributed by atoms with van der Waals surface area (Å²) in [5.41, 5.74) is 1.62. The van der Waals surface area contributed by atoms with Gasteiger partial charge in [0.15, 0.2) is 0 Å². The van der Waals surface area contributed by atoms with E-state index in [0.717, 1.165) is 35.8 Å². The molecule has 0 aliphatic carbocycles. The average molecular weight is 347 g/mol. The van der Waals surface area contributed by atoms with Crippen LogP contribution < -0.4 is 10.0 Å². The first-order valence-corrected chi connectivity index (χ1v) is 8.91. The molecule has 106 valence electrons. The molecule has 1 unspecified atom stereocenters. The molecule has 1 aliphatic heterocycles. The SMILES string of the molecule is Cc1cccc(NS(=O)(=O)CC2CCCCN2)c1Br. The molecule has 0 spiro atoms. The Balaban J connectivity index is 2.06. The maximum absolute atomic E-state index is 12.2. The summed E-state index contributed by atoms with van der Waals surface area (Å²) in [4.78, 5) is 0. The second-order valence-electron chi connectivity index (χ2n) is 4.97. The largest absolute Gasteiger partial charge is 0.313 e. The fourth-order valence-electron chi connectivity index (χ4n) is 2.27. The Morgan fingerprint density at radius 2 is 2.21 bits per heavy atom. The smallest absolute Gasteiger partial charge is 0.234 e. The van der Waals surface area contributed by atoms with Gasteiger partial charge < -0.3 is 5.32 Å². The highest BCUT2D eigenvalue weighted by molar-refractivity contribution is 9.10. The molecule has 1 saturated heterocycles. The van der Waals surface area contributed by atoms with Crippen LogP contribution in [0.4, 0.5) is 5.69 Å². The van der Waals surface area contributed by atoms with Crippen LogP contribution >= 0.6 is 15.9 Å². The van der Waals surface area contributed by atoms with E-state index < -0.39 is 10.0 Å². The Labute approximate surface area is 123 Å². The maximum Gasteiger partial charge on any atom is 0.234 e. The molecule has 0 radical (unpaired) electrons. The fourth-order valence-corrected chi connectivity index (χ4v) is 4.16. The number of rotatable bonds is 4. The topological polar surface area (TPSA) is 58.2 Å². The van der Waals surface area contributed by atoms with Crippen LogP contribution in [0.15, 0.2) is 22.7 Å². The first kappa shape index (κ1) is 14.8. The monoisotopic (exact) mass is 346 g/mol. The lowest BCUT2D eigenvalue weighted by molar-refractivity contribution is 0.424. The van der Waals surface area contributed by atoms with Crippen molar-refractivity contribution in [3.05, 3.63) is 28.2 Å². The number of anilines is 1. The highest BCUT2D eigenvalue weighted by Gasteiger charge is 2.21. The van der Waals surface area contributed by atoms with Gasteiger partial charge in [-0.15, -0.1) is 0 Å². The van der Waals surface area contributed by atoms with E-state index in [4.69, 9.17) is 0 Å². The van der Waals surface area contributed by atoms with E-state index in [9.17, 15) is 8.42 Å². The third kappa shape index (κ3) is 4.19. The second kappa shape index (κ2) is 6.24. The molecule has 1 fully saturated rings. The Hall–Kier alpha value is -0.590. The molecule has 1 heterocycles. The summed E-state index contributed by atoms with van der Waals surface area (Å²) in [7, 11) is -3.32. The molecule has 4 nitrogen and oxygen atoms in total. The van der Waals surface area contributed by atoms with E-state index >= 15 is 0 Å². The lowest BCUT2D eigenvalue weighted by atomic mass is 10.1. The van der Waals surface area contributed by atoms with Crippen LogP contribution in [0.25, 0.3) is 0 Å². The van der Waals surface area contributed by atoms with Crippen LogP contribution in [0.3, 0.4) is 0 Å². The quantitative estimate of drug-likeness (QED) is 0.880. The molecule has 0 bridgehead atoms. The van der Waals surface area contributed by atoms with Crippen molar-refractivity contribution >= 4 is 31.6 Å². The Morgan fingerprint density at radius 3 is 2.89 bits per heavy atom. The number of piperidine rings is 1. The molecule has 2 rings (SSSR count). The zero-order chi connectivity index (χ0) is 13.9. The number of hydrogen-bond donors (Lipinski definition) is 2. The molecule has 1 aliphatic rings. The maximum atomic E-state index is 12.2. The van der Waals surface area contributed by atoms with Crippen molar-refractivity contribution in [3.63, 3.8) is 0 Å². The summed E-state index contributed by atoms with van der Waals surface area (Å²) in [6, 6.07) is 5.61. The van der Waals surface area contributed by atoms with Crippen molar-refractivity contribution < 1.29 is 8.42 Å². The molecule has 19 heavy (non-hydrogen) atoms.